The third-order valence-electron chi connectivity index (χ3n) is 3.75. The van der Waals surface area contributed by atoms with Crippen LogP contribution in [0.5, 0.6) is 0 Å². The van der Waals surface area contributed by atoms with Crippen LogP contribution in [0, 0.1) is 5.92 Å². The zero-order chi connectivity index (χ0) is 12.0. The van der Waals surface area contributed by atoms with E-state index in [-0.39, 0.29) is 12.8 Å². The van der Waals surface area contributed by atoms with E-state index in [9.17, 15) is 15.0 Å². The molecule has 0 atom stereocenters. The SMILES string of the molecule is O=C(O)C1(c2cn(CC3CC3)nn2)CC(O)C1. The molecule has 92 valence electrons. The Labute approximate surface area is 98.2 Å². The van der Waals surface area contributed by atoms with Gasteiger partial charge in [-0.1, -0.05) is 5.21 Å². The van der Waals surface area contributed by atoms with Crippen LogP contribution in [0.25, 0.3) is 0 Å². The van der Waals surface area contributed by atoms with Gasteiger partial charge < -0.3 is 10.2 Å². The molecule has 17 heavy (non-hydrogen) atoms. The van der Waals surface area contributed by atoms with Crippen LogP contribution in [0.15, 0.2) is 6.20 Å². The zero-order valence-corrected chi connectivity index (χ0v) is 9.41. The topological polar surface area (TPSA) is 88.2 Å². The van der Waals surface area contributed by atoms with Crippen LogP contribution >= 0.6 is 0 Å². The minimum Gasteiger partial charge on any atom is -0.481 e. The maximum absolute atomic E-state index is 11.3. The second-order valence-electron chi connectivity index (χ2n) is 5.22. The molecule has 0 saturated heterocycles. The van der Waals surface area contributed by atoms with Crippen molar-refractivity contribution in [1.29, 1.82) is 0 Å². The van der Waals surface area contributed by atoms with Gasteiger partial charge in [0.15, 0.2) is 0 Å². The number of carboxylic acids is 1. The number of hydrogen-bond acceptors (Lipinski definition) is 4. The molecule has 0 aromatic carbocycles. The van der Waals surface area contributed by atoms with E-state index >= 15 is 0 Å². The summed E-state index contributed by atoms with van der Waals surface area (Å²) in [7, 11) is 0. The molecule has 0 aliphatic heterocycles. The van der Waals surface area contributed by atoms with Gasteiger partial charge in [0.2, 0.25) is 0 Å². The number of aromatic nitrogens is 3. The Morgan fingerprint density at radius 2 is 2.24 bits per heavy atom. The van der Waals surface area contributed by atoms with Gasteiger partial charge in [0.1, 0.15) is 11.1 Å². The summed E-state index contributed by atoms with van der Waals surface area (Å²) in [5.41, 5.74) is -0.530. The highest BCUT2D eigenvalue weighted by Gasteiger charge is 2.53. The quantitative estimate of drug-likeness (QED) is 0.779. The monoisotopic (exact) mass is 237 g/mol. The lowest BCUT2D eigenvalue weighted by Gasteiger charge is -2.39. The van der Waals surface area contributed by atoms with Gasteiger partial charge in [0.05, 0.1) is 6.10 Å². The average Bonchev–Trinajstić information content (AvgIpc) is 2.90. The highest BCUT2D eigenvalue weighted by atomic mass is 16.4. The lowest BCUT2D eigenvalue weighted by Crippen LogP contribution is -2.50. The molecule has 6 heteroatoms. The standard InChI is InChI=1S/C11H15N3O3/c15-8-3-11(4-8,10(16)17)9-6-14(13-12-9)5-7-1-2-7/h6-8,15H,1-5H2,(H,16,17). The fraction of sp³-hybridized carbons (Fsp3) is 0.727. The highest BCUT2D eigenvalue weighted by molar-refractivity contribution is 5.82. The maximum Gasteiger partial charge on any atom is 0.316 e. The molecule has 0 amide bonds. The van der Waals surface area contributed by atoms with Crippen molar-refractivity contribution in [3.05, 3.63) is 11.9 Å². The van der Waals surface area contributed by atoms with Crippen LogP contribution in [-0.4, -0.2) is 37.3 Å². The number of rotatable bonds is 4. The molecule has 2 fully saturated rings. The molecule has 3 rings (SSSR count). The predicted octanol–water partition coefficient (Wildman–Crippen LogP) is 0.165. The van der Waals surface area contributed by atoms with E-state index in [4.69, 9.17) is 0 Å². The number of carbonyl (C=O) groups is 1. The predicted molar refractivity (Wildman–Crippen MR) is 57.3 cm³/mol. The number of aliphatic carboxylic acids is 1. The first-order chi connectivity index (χ1) is 8.10. The Morgan fingerprint density at radius 1 is 1.53 bits per heavy atom. The Kier molecular flexibility index (Phi) is 2.22. The van der Waals surface area contributed by atoms with Crippen LogP contribution in [0.3, 0.4) is 0 Å². The van der Waals surface area contributed by atoms with Gasteiger partial charge in [-0.3, -0.25) is 9.48 Å². The molecule has 0 radical (unpaired) electrons. The van der Waals surface area contributed by atoms with Crippen LogP contribution in [0.1, 0.15) is 31.4 Å². The first-order valence-electron chi connectivity index (χ1n) is 5.92. The molecule has 1 aromatic rings. The van der Waals surface area contributed by atoms with Crippen molar-refractivity contribution in [2.75, 3.05) is 0 Å². The molecule has 0 spiro atoms. The van der Waals surface area contributed by atoms with E-state index in [1.54, 1.807) is 10.9 Å². The van der Waals surface area contributed by atoms with E-state index in [1.807, 2.05) is 0 Å². The number of nitrogens with zero attached hydrogens (tertiary/aromatic N) is 3. The molecule has 2 saturated carbocycles. The second-order valence-corrected chi connectivity index (χ2v) is 5.22. The molecule has 2 aliphatic carbocycles. The number of aliphatic hydroxyl groups is 1. The molecule has 0 unspecified atom stereocenters. The van der Waals surface area contributed by atoms with Crippen molar-refractivity contribution in [1.82, 2.24) is 15.0 Å². The zero-order valence-electron chi connectivity index (χ0n) is 9.41. The van der Waals surface area contributed by atoms with Gasteiger partial charge in [0, 0.05) is 12.7 Å². The van der Waals surface area contributed by atoms with E-state index in [2.05, 4.69) is 10.3 Å². The lowest BCUT2D eigenvalue weighted by molar-refractivity contribution is -0.153. The molecule has 1 aromatic heterocycles. The van der Waals surface area contributed by atoms with Gasteiger partial charge >= 0.3 is 5.97 Å². The van der Waals surface area contributed by atoms with Crippen molar-refractivity contribution in [3.8, 4) is 0 Å². The highest BCUT2D eigenvalue weighted by Crippen LogP contribution is 2.43. The van der Waals surface area contributed by atoms with E-state index in [0.29, 0.717) is 11.6 Å². The van der Waals surface area contributed by atoms with E-state index in [1.165, 1.54) is 12.8 Å². The van der Waals surface area contributed by atoms with E-state index < -0.39 is 17.5 Å². The molecular weight excluding hydrogens is 222 g/mol. The average molecular weight is 237 g/mol. The number of carboxylic acid groups (broad SMARTS) is 1. The summed E-state index contributed by atoms with van der Waals surface area (Å²) in [6.45, 7) is 0.825. The van der Waals surface area contributed by atoms with Crippen molar-refractivity contribution in [2.24, 2.45) is 5.92 Å². The van der Waals surface area contributed by atoms with Crippen LogP contribution in [0.2, 0.25) is 0 Å². The lowest BCUT2D eigenvalue weighted by atomic mass is 9.65. The summed E-state index contributed by atoms with van der Waals surface area (Å²) in [6.07, 6.45) is 4.11. The summed E-state index contributed by atoms with van der Waals surface area (Å²) < 4.78 is 1.72. The second kappa shape index (κ2) is 3.53. The van der Waals surface area contributed by atoms with Crippen LogP contribution in [0.4, 0.5) is 0 Å². The third kappa shape index (κ3) is 1.72. The first kappa shape index (κ1) is 10.7. The number of hydrogen-bond donors (Lipinski definition) is 2. The van der Waals surface area contributed by atoms with Crippen LogP contribution < -0.4 is 0 Å². The summed E-state index contributed by atoms with van der Waals surface area (Å²) >= 11 is 0. The fourth-order valence-electron chi connectivity index (χ4n) is 2.41. The minimum atomic E-state index is -1.01. The summed E-state index contributed by atoms with van der Waals surface area (Å²) in [5.74, 6) is -0.237. The minimum absolute atomic E-state index is 0.241. The van der Waals surface area contributed by atoms with Crippen molar-refractivity contribution in [2.45, 2.75) is 43.7 Å². The van der Waals surface area contributed by atoms with Gasteiger partial charge in [-0.25, -0.2) is 0 Å². The molecule has 1 heterocycles. The Balaban J connectivity index is 1.81. The van der Waals surface area contributed by atoms with Crippen molar-refractivity contribution in [3.63, 3.8) is 0 Å². The molecule has 6 nitrogen and oxygen atoms in total. The largest absolute Gasteiger partial charge is 0.481 e. The van der Waals surface area contributed by atoms with Gasteiger partial charge in [-0.05, 0) is 31.6 Å². The Hall–Kier alpha value is -1.43. The van der Waals surface area contributed by atoms with Gasteiger partial charge in [-0.2, -0.15) is 0 Å². The first-order valence-corrected chi connectivity index (χ1v) is 5.92. The summed E-state index contributed by atoms with van der Waals surface area (Å²) in [5, 5.41) is 26.5. The summed E-state index contributed by atoms with van der Waals surface area (Å²) in [4.78, 5) is 11.3. The van der Waals surface area contributed by atoms with Crippen LogP contribution in [-0.2, 0) is 16.8 Å². The van der Waals surface area contributed by atoms with Crippen molar-refractivity contribution < 1.29 is 15.0 Å². The normalized spacial score (nSPS) is 32.2. The summed E-state index contributed by atoms with van der Waals surface area (Å²) in [6, 6.07) is 0. The van der Waals surface area contributed by atoms with Gasteiger partial charge in [0.25, 0.3) is 0 Å². The Bertz CT molecular complexity index is 447. The molecule has 2 N–H and O–H groups in total. The van der Waals surface area contributed by atoms with Gasteiger partial charge in [-0.15, -0.1) is 5.10 Å². The van der Waals surface area contributed by atoms with Crippen molar-refractivity contribution >= 4 is 5.97 Å². The maximum atomic E-state index is 11.3. The molecular formula is C11H15N3O3. The fourth-order valence-corrected chi connectivity index (χ4v) is 2.41. The Morgan fingerprint density at radius 3 is 2.76 bits per heavy atom. The van der Waals surface area contributed by atoms with E-state index in [0.717, 1.165) is 6.54 Å². The molecule has 2 aliphatic rings. The third-order valence-corrected chi connectivity index (χ3v) is 3.75. The molecule has 0 bridgehead atoms. The smallest absolute Gasteiger partial charge is 0.316 e. The number of aliphatic hydroxyl groups excluding tert-OH is 1.